The van der Waals surface area contributed by atoms with Crippen molar-refractivity contribution in [3.8, 4) is 0 Å². The van der Waals surface area contributed by atoms with Crippen LogP contribution in [0.3, 0.4) is 0 Å². The van der Waals surface area contributed by atoms with Gasteiger partial charge in [-0.15, -0.1) is 11.6 Å². The van der Waals surface area contributed by atoms with E-state index in [4.69, 9.17) is 23.2 Å². The summed E-state index contributed by atoms with van der Waals surface area (Å²) >= 11 is 12.1. The van der Waals surface area contributed by atoms with Gasteiger partial charge in [-0.3, -0.25) is 4.98 Å². The Hall–Kier alpha value is -1.58. The van der Waals surface area contributed by atoms with Gasteiger partial charge < -0.3 is 4.57 Å². The van der Waals surface area contributed by atoms with Crippen LogP contribution in [-0.2, 0) is 13.0 Å². The molecular weight excluding hydrogens is 293 g/mol. The summed E-state index contributed by atoms with van der Waals surface area (Å²) in [4.78, 5) is 8.99. The highest BCUT2D eigenvalue weighted by atomic mass is 35.5. The lowest BCUT2D eigenvalue weighted by atomic mass is 10.3. The van der Waals surface area contributed by atoms with Gasteiger partial charge >= 0.3 is 0 Å². The normalized spacial score (nSPS) is 11.1. The molecule has 0 atom stereocenters. The van der Waals surface area contributed by atoms with E-state index in [9.17, 15) is 0 Å². The van der Waals surface area contributed by atoms with Crippen molar-refractivity contribution in [2.75, 3.05) is 5.88 Å². The van der Waals surface area contributed by atoms with Crippen LogP contribution in [0.25, 0.3) is 11.0 Å². The highest BCUT2D eigenvalue weighted by molar-refractivity contribution is 6.34. The smallest absolute Gasteiger partial charge is 0.111 e. The number of pyridine rings is 1. The van der Waals surface area contributed by atoms with Crippen LogP contribution in [0.2, 0.25) is 5.02 Å². The lowest BCUT2D eigenvalue weighted by molar-refractivity contribution is 0.738. The van der Waals surface area contributed by atoms with E-state index in [1.54, 1.807) is 6.20 Å². The second-order valence-electron chi connectivity index (χ2n) is 4.48. The molecule has 1 aromatic carbocycles. The highest BCUT2D eigenvalue weighted by Gasteiger charge is 2.13. The number of alkyl halides is 1. The Kier molecular flexibility index (Phi) is 3.90. The fraction of sp³-hybridized carbons (Fsp3) is 0.200. The molecule has 0 N–H and O–H groups in total. The van der Waals surface area contributed by atoms with E-state index in [1.165, 1.54) is 0 Å². The molecule has 3 aromatic rings. The molecule has 0 spiro atoms. The third-order valence-corrected chi connectivity index (χ3v) is 3.67. The monoisotopic (exact) mass is 305 g/mol. The SMILES string of the molecule is ClCCc1nc2c(Cl)cccc2n1Cc1ccccn1. The average molecular weight is 306 g/mol. The van der Waals surface area contributed by atoms with Crippen molar-refractivity contribution >= 4 is 34.2 Å². The fourth-order valence-electron chi connectivity index (χ4n) is 2.27. The minimum atomic E-state index is 0.531. The van der Waals surface area contributed by atoms with Crippen molar-refractivity contribution in [3.63, 3.8) is 0 Å². The number of imidazole rings is 1. The molecule has 0 bridgehead atoms. The first-order valence-electron chi connectivity index (χ1n) is 6.39. The van der Waals surface area contributed by atoms with E-state index in [0.717, 1.165) is 22.6 Å². The van der Waals surface area contributed by atoms with Gasteiger partial charge in [0.25, 0.3) is 0 Å². The third-order valence-electron chi connectivity index (χ3n) is 3.17. The number of aromatic nitrogens is 3. The van der Waals surface area contributed by atoms with Gasteiger partial charge in [-0.25, -0.2) is 4.98 Å². The van der Waals surface area contributed by atoms with Crippen molar-refractivity contribution in [1.29, 1.82) is 0 Å². The molecule has 20 heavy (non-hydrogen) atoms. The molecule has 5 heteroatoms. The maximum Gasteiger partial charge on any atom is 0.111 e. The molecule has 0 unspecified atom stereocenters. The summed E-state index contributed by atoms with van der Waals surface area (Å²) in [7, 11) is 0. The lowest BCUT2D eigenvalue weighted by Crippen LogP contribution is -2.07. The molecular formula is C15H13Cl2N3. The van der Waals surface area contributed by atoms with Crippen molar-refractivity contribution in [2.45, 2.75) is 13.0 Å². The second kappa shape index (κ2) is 5.81. The summed E-state index contributed by atoms with van der Waals surface area (Å²) in [5, 5.41) is 0.665. The van der Waals surface area contributed by atoms with Crippen LogP contribution in [0.5, 0.6) is 0 Å². The number of halogens is 2. The van der Waals surface area contributed by atoms with Crippen LogP contribution in [-0.4, -0.2) is 20.4 Å². The number of aryl methyl sites for hydroxylation is 1. The standard InChI is InChI=1S/C15H13Cl2N3/c16-8-7-14-19-15-12(17)5-3-6-13(15)20(14)10-11-4-1-2-9-18-11/h1-6,9H,7-8,10H2. The Morgan fingerprint density at radius 2 is 2.00 bits per heavy atom. The Labute approximate surface area is 127 Å². The molecule has 2 aromatic heterocycles. The molecule has 3 rings (SSSR count). The molecule has 0 aliphatic carbocycles. The lowest BCUT2D eigenvalue weighted by Gasteiger charge is -2.08. The van der Waals surface area contributed by atoms with Crippen LogP contribution < -0.4 is 0 Å². The van der Waals surface area contributed by atoms with E-state index >= 15 is 0 Å². The van der Waals surface area contributed by atoms with Gasteiger partial charge in [0.2, 0.25) is 0 Å². The van der Waals surface area contributed by atoms with Crippen molar-refractivity contribution in [2.24, 2.45) is 0 Å². The Morgan fingerprint density at radius 3 is 2.75 bits per heavy atom. The summed E-state index contributed by atoms with van der Waals surface area (Å²) in [5.74, 6) is 1.47. The van der Waals surface area contributed by atoms with Gasteiger partial charge in [0.15, 0.2) is 0 Å². The Balaban J connectivity index is 2.12. The van der Waals surface area contributed by atoms with E-state index in [2.05, 4.69) is 14.5 Å². The predicted molar refractivity (Wildman–Crippen MR) is 82.5 cm³/mol. The van der Waals surface area contributed by atoms with E-state index in [-0.39, 0.29) is 0 Å². The quantitative estimate of drug-likeness (QED) is 0.684. The molecule has 0 amide bonds. The van der Waals surface area contributed by atoms with Crippen LogP contribution in [0.15, 0.2) is 42.6 Å². The minimum absolute atomic E-state index is 0.531. The van der Waals surface area contributed by atoms with Gasteiger partial charge in [0.05, 0.1) is 22.8 Å². The first-order valence-corrected chi connectivity index (χ1v) is 7.30. The van der Waals surface area contributed by atoms with Gasteiger partial charge in [-0.05, 0) is 24.3 Å². The summed E-state index contributed by atoms with van der Waals surface area (Å²) in [5.41, 5.74) is 2.83. The predicted octanol–water partition coefficient (Wildman–Crippen LogP) is 3.91. The molecule has 0 saturated heterocycles. The van der Waals surface area contributed by atoms with Crippen LogP contribution in [0.4, 0.5) is 0 Å². The maximum absolute atomic E-state index is 6.22. The number of nitrogens with zero attached hydrogens (tertiary/aromatic N) is 3. The molecule has 0 aliphatic heterocycles. The number of fused-ring (bicyclic) bond motifs is 1. The summed E-state index contributed by atoms with van der Waals surface area (Å²) in [6, 6.07) is 11.7. The Morgan fingerprint density at radius 1 is 1.10 bits per heavy atom. The zero-order chi connectivity index (χ0) is 13.9. The summed E-state index contributed by atoms with van der Waals surface area (Å²) in [6.07, 6.45) is 2.50. The van der Waals surface area contributed by atoms with Gasteiger partial charge in [0, 0.05) is 18.5 Å². The number of rotatable bonds is 4. The summed E-state index contributed by atoms with van der Waals surface area (Å²) < 4.78 is 2.13. The molecule has 0 saturated carbocycles. The fourth-order valence-corrected chi connectivity index (χ4v) is 2.65. The number of hydrogen-bond donors (Lipinski definition) is 0. The van der Waals surface area contributed by atoms with Crippen LogP contribution in [0, 0.1) is 0 Å². The topological polar surface area (TPSA) is 30.7 Å². The van der Waals surface area contributed by atoms with Crippen molar-refractivity contribution < 1.29 is 0 Å². The third kappa shape index (κ3) is 2.51. The first-order chi connectivity index (χ1) is 9.79. The van der Waals surface area contributed by atoms with E-state index < -0.39 is 0 Å². The zero-order valence-electron chi connectivity index (χ0n) is 10.8. The van der Waals surface area contributed by atoms with Crippen molar-refractivity contribution in [3.05, 3.63) is 59.1 Å². The highest BCUT2D eigenvalue weighted by Crippen LogP contribution is 2.25. The number of para-hydroxylation sites is 1. The summed E-state index contributed by atoms with van der Waals surface area (Å²) in [6.45, 7) is 0.671. The van der Waals surface area contributed by atoms with Gasteiger partial charge in [-0.1, -0.05) is 23.7 Å². The number of hydrogen-bond acceptors (Lipinski definition) is 2. The maximum atomic E-state index is 6.22. The molecule has 0 aliphatic rings. The van der Waals surface area contributed by atoms with Crippen LogP contribution >= 0.6 is 23.2 Å². The van der Waals surface area contributed by atoms with Crippen molar-refractivity contribution in [1.82, 2.24) is 14.5 Å². The Bertz CT molecular complexity index is 723. The average Bonchev–Trinajstić information content (AvgIpc) is 2.81. The molecule has 3 nitrogen and oxygen atoms in total. The van der Waals surface area contributed by atoms with E-state index in [0.29, 0.717) is 23.9 Å². The van der Waals surface area contributed by atoms with Gasteiger partial charge in [-0.2, -0.15) is 0 Å². The van der Waals surface area contributed by atoms with Crippen LogP contribution in [0.1, 0.15) is 11.5 Å². The zero-order valence-corrected chi connectivity index (χ0v) is 12.3. The molecule has 102 valence electrons. The minimum Gasteiger partial charge on any atom is -0.322 e. The van der Waals surface area contributed by atoms with E-state index in [1.807, 2.05) is 36.4 Å². The number of benzene rings is 1. The largest absolute Gasteiger partial charge is 0.322 e. The second-order valence-corrected chi connectivity index (χ2v) is 5.27. The molecule has 0 fully saturated rings. The molecule has 2 heterocycles. The molecule has 0 radical (unpaired) electrons. The first kappa shape index (κ1) is 13.4. The van der Waals surface area contributed by atoms with Gasteiger partial charge in [0.1, 0.15) is 11.3 Å².